The number of nitrogens with zero attached hydrogens (tertiary/aromatic N) is 3. The van der Waals surface area contributed by atoms with Gasteiger partial charge in [-0.1, -0.05) is 31.1 Å². The van der Waals surface area contributed by atoms with Gasteiger partial charge in [0, 0.05) is 31.7 Å². The summed E-state index contributed by atoms with van der Waals surface area (Å²) < 4.78 is 5.79. The van der Waals surface area contributed by atoms with Crippen LogP contribution >= 0.6 is 0 Å². The molecule has 1 saturated heterocycles. The zero-order valence-electron chi connectivity index (χ0n) is 12.0. The van der Waals surface area contributed by atoms with Crippen molar-refractivity contribution in [2.45, 2.75) is 19.8 Å². The molecular formula is C15H20N4O. The van der Waals surface area contributed by atoms with Gasteiger partial charge in [-0.3, -0.25) is 0 Å². The first kappa shape index (κ1) is 13.1. The molecule has 1 fully saturated rings. The van der Waals surface area contributed by atoms with E-state index in [0.717, 1.165) is 31.7 Å². The Balaban J connectivity index is 1.78. The van der Waals surface area contributed by atoms with Crippen molar-refractivity contribution < 1.29 is 4.42 Å². The molecule has 2 heterocycles. The smallest absolute Gasteiger partial charge is 0.318 e. The van der Waals surface area contributed by atoms with Crippen molar-refractivity contribution in [1.82, 2.24) is 15.5 Å². The number of hydrogen-bond acceptors (Lipinski definition) is 5. The van der Waals surface area contributed by atoms with Gasteiger partial charge < -0.3 is 14.6 Å². The van der Waals surface area contributed by atoms with Gasteiger partial charge in [0.05, 0.1) is 0 Å². The topological polar surface area (TPSA) is 54.2 Å². The van der Waals surface area contributed by atoms with E-state index in [1.807, 2.05) is 12.1 Å². The van der Waals surface area contributed by atoms with Crippen molar-refractivity contribution >= 4 is 6.01 Å². The van der Waals surface area contributed by atoms with Crippen LogP contribution in [0.15, 0.2) is 28.7 Å². The number of benzene rings is 1. The fourth-order valence-electron chi connectivity index (χ4n) is 2.33. The minimum Gasteiger partial charge on any atom is -0.403 e. The van der Waals surface area contributed by atoms with E-state index < -0.39 is 0 Å². The monoisotopic (exact) mass is 272 g/mol. The normalized spacial score (nSPS) is 15.8. The molecule has 2 aromatic rings. The molecule has 5 nitrogen and oxygen atoms in total. The largest absolute Gasteiger partial charge is 0.403 e. The van der Waals surface area contributed by atoms with E-state index in [-0.39, 0.29) is 0 Å². The number of piperazine rings is 1. The van der Waals surface area contributed by atoms with Crippen LogP contribution in [0.4, 0.5) is 6.01 Å². The molecule has 0 atom stereocenters. The van der Waals surface area contributed by atoms with E-state index >= 15 is 0 Å². The summed E-state index contributed by atoms with van der Waals surface area (Å²) in [6.07, 6.45) is 0. The zero-order chi connectivity index (χ0) is 13.9. The van der Waals surface area contributed by atoms with Crippen LogP contribution in [-0.2, 0) is 0 Å². The molecule has 5 heteroatoms. The van der Waals surface area contributed by atoms with Gasteiger partial charge in [-0.15, -0.1) is 5.10 Å². The lowest BCUT2D eigenvalue weighted by Gasteiger charge is -2.24. The van der Waals surface area contributed by atoms with Gasteiger partial charge in [0.15, 0.2) is 0 Å². The highest BCUT2D eigenvalue weighted by Gasteiger charge is 2.17. The minimum absolute atomic E-state index is 0.531. The highest BCUT2D eigenvalue weighted by Crippen LogP contribution is 2.24. The van der Waals surface area contributed by atoms with Gasteiger partial charge in [0.25, 0.3) is 0 Å². The lowest BCUT2D eigenvalue weighted by Crippen LogP contribution is -2.43. The molecule has 0 amide bonds. The Hall–Kier alpha value is -1.88. The van der Waals surface area contributed by atoms with Crippen molar-refractivity contribution in [2.24, 2.45) is 0 Å². The Bertz CT molecular complexity index is 556. The molecule has 1 aromatic heterocycles. The molecule has 0 aliphatic carbocycles. The maximum absolute atomic E-state index is 5.79. The van der Waals surface area contributed by atoms with E-state index in [1.165, 1.54) is 5.56 Å². The first-order valence-corrected chi connectivity index (χ1v) is 7.13. The predicted molar refractivity (Wildman–Crippen MR) is 78.9 cm³/mol. The maximum atomic E-state index is 5.79. The molecule has 0 spiro atoms. The van der Waals surface area contributed by atoms with Crippen LogP contribution in [0.2, 0.25) is 0 Å². The summed E-state index contributed by atoms with van der Waals surface area (Å²) in [6, 6.07) is 8.95. The lowest BCUT2D eigenvalue weighted by atomic mass is 10.0. The summed E-state index contributed by atoms with van der Waals surface area (Å²) in [4.78, 5) is 2.12. The van der Waals surface area contributed by atoms with Gasteiger partial charge in [0.1, 0.15) is 0 Å². The van der Waals surface area contributed by atoms with Crippen LogP contribution in [0.3, 0.4) is 0 Å². The summed E-state index contributed by atoms with van der Waals surface area (Å²) in [6.45, 7) is 8.11. The molecule has 1 N–H and O–H groups in total. The first-order valence-electron chi connectivity index (χ1n) is 7.13. The Labute approximate surface area is 119 Å². The van der Waals surface area contributed by atoms with Crippen molar-refractivity contribution in [1.29, 1.82) is 0 Å². The van der Waals surface area contributed by atoms with E-state index in [9.17, 15) is 0 Å². The second kappa shape index (κ2) is 5.63. The first-order chi connectivity index (χ1) is 9.74. The third-order valence-electron chi connectivity index (χ3n) is 3.63. The SMILES string of the molecule is CC(C)c1ccc(-c2nnc(N3CCNCC3)o2)cc1. The molecule has 1 aromatic carbocycles. The summed E-state index contributed by atoms with van der Waals surface area (Å²) in [7, 11) is 0. The van der Waals surface area contributed by atoms with E-state index in [0.29, 0.717) is 17.8 Å². The second-order valence-corrected chi connectivity index (χ2v) is 5.40. The van der Waals surface area contributed by atoms with E-state index in [2.05, 4.69) is 46.4 Å². The second-order valence-electron chi connectivity index (χ2n) is 5.40. The standard InChI is InChI=1S/C15H20N4O/c1-11(2)12-3-5-13(6-4-12)14-17-18-15(20-14)19-9-7-16-8-10-19/h3-6,11,16H,7-10H2,1-2H3. The van der Waals surface area contributed by atoms with Gasteiger partial charge >= 0.3 is 6.01 Å². The van der Waals surface area contributed by atoms with E-state index in [1.54, 1.807) is 0 Å². The van der Waals surface area contributed by atoms with Crippen molar-refractivity contribution in [3.63, 3.8) is 0 Å². The van der Waals surface area contributed by atoms with Crippen LogP contribution < -0.4 is 10.2 Å². The van der Waals surface area contributed by atoms with Crippen molar-refractivity contribution in [3.8, 4) is 11.5 Å². The fourth-order valence-corrected chi connectivity index (χ4v) is 2.33. The average Bonchev–Trinajstić information content (AvgIpc) is 2.98. The lowest BCUT2D eigenvalue weighted by molar-refractivity contribution is 0.505. The van der Waals surface area contributed by atoms with Crippen LogP contribution in [0.25, 0.3) is 11.5 Å². The molecule has 1 aliphatic heterocycles. The highest BCUT2D eigenvalue weighted by atomic mass is 16.4. The Morgan fingerprint density at radius 2 is 1.80 bits per heavy atom. The molecule has 1 aliphatic rings. The number of aromatic nitrogens is 2. The molecular weight excluding hydrogens is 252 g/mol. The molecule has 0 unspecified atom stereocenters. The van der Waals surface area contributed by atoms with Crippen molar-refractivity contribution in [3.05, 3.63) is 29.8 Å². The quantitative estimate of drug-likeness (QED) is 0.929. The van der Waals surface area contributed by atoms with Crippen LogP contribution in [0.5, 0.6) is 0 Å². The van der Waals surface area contributed by atoms with Crippen LogP contribution in [-0.4, -0.2) is 36.4 Å². The maximum Gasteiger partial charge on any atom is 0.318 e. The molecule has 20 heavy (non-hydrogen) atoms. The molecule has 0 saturated carbocycles. The molecule has 3 rings (SSSR count). The summed E-state index contributed by atoms with van der Waals surface area (Å²) in [5.41, 5.74) is 2.29. The third kappa shape index (κ3) is 2.67. The van der Waals surface area contributed by atoms with Gasteiger partial charge in [-0.25, -0.2) is 0 Å². The predicted octanol–water partition coefficient (Wildman–Crippen LogP) is 2.27. The molecule has 106 valence electrons. The summed E-state index contributed by atoms with van der Waals surface area (Å²) in [5.74, 6) is 1.12. The summed E-state index contributed by atoms with van der Waals surface area (Å²) in [5, 5.41) is 11.6. The Kier molecular flexibility index (Phi) is 3.69. The van der Waals surface area contributed by atoms with Crippen LogP contribution in [0, 0.1) is 0 Å². The number of rotatable bonds is 3. The van der Waals surface area contributed by atoms with Gasteiger partial charge in [0.2, 0.25) is 5.89 Å². The molecule has 0 bridgehead atoms. The zero-order valence-corrected chi connectivity index (χ0v) is 12.0. The van der Waals surface area contributed by atoms with Gasteiger partial charge in [-0.2, -0.15) is 0 Å². The van der Waals surface area contributed by atoms with Crippen molar-refractivity contribution in [2.75, 3.05) is 31.1 Å². The average molecular weight is 272 g/mol. The fraction of sp³-hybridized carbons (Fsp3) is 0.467. The molecule has 0 radical (unpaired) electrons. The van der Waals surface area contributed by atoms with E-state index in [4.69, 9.17) is 4.42 Å². The number of hydrogen-bond donors (Lipinski definition) is 1. The van der Waals surface area contributed by atoms with Gasteiger partial charge in [-0.05, 0) is 23.6 Å². The highest BCUT2D eigenvalue weighted by molar-refractivity contribution is 5.54. The van der Waals surface area contributed by atoms with Crippen LogP contribution in [0.1, 0.15) is 25.3 Å². The third-order valence-corrected chi connectivity index (χ3v) is 3.63. The number of anilines is 1. The Morgan fingerprint density at radius 3 is 2.45 bits per heavy atom. The Morgan fingerprint density at radius 1 is 1.10 bits per heavy atom. The summed E-state index contributed by atoms with van der Waals surface area (Å²) >= 11 is 0. The number of nitrogens with one attached hydrogen (secondary N) is 1. The minimum atomic E-state index is 0.531.